The molecule has 0 aliphatic carbocycles. The minimum Gasteiger partial charge on any atom is -0.508 e. The van der Waals surface area contributed by atoms with Gasteiger partial charge in [0.2, 0.25) is 0 Å². The Morgan fingerprint density at radius 3 is 2.45 bits per heavy atom. The van der Waals surface area contributed by atoms with Crippen LogP contribution in [0.3, 0.4) is 0 Å². The summed E-state index contributed by atoms with van der Waals surface area (Å²) in [6, 6.07) is 14.5. The van der Waals surface area contributed by atoms with Crippen molar-refractivity contribution in [1.82, 2.24) is 0 Å². The van der Waals surface area contributed by atoms with Gasteiger partial charge < -0.3 is 5.11 Å². The van der Waals surface area contributed by atoms with E-state index in [0.29, 0.717) is 11.5 Å². The van der Waals surface area contributed by atoms with Crippen LogP contribution in [0.25, 0.3) is 0 Å². The van der Waals surface area contributed by atoms with Gasteiger partial charge in [0.15, 0.2) is 11.5 Å². The van der Waals surface area contributed by atoms with Gasteiger partial charge in [-0.25, -0.2) is 0 Å². The Hall–Kier alpha value is -2.16. The quantitative estimate of drug-likeness (QED) is 0.458. The summed E-state index contributed by atoms with van der Waals surface area (Å²) in [6.07, 6.45) is 4.08. The molecule has 0 radical (unpaired) electrons. The van der Waals surface area contributed by atoms with Crippen LogP contribution >= 0.6 is 0 Å². The highest BCUT2D eigenvalue weighted by Crippen LogP contribution is 2.29. The average Bonchev–Trinajstić information content (AvgIpc) is 2.48. The molecule has 2 rings (SSSR count). The molecule has 0 saturated carbocycles. The van der Waals surface area contributed by atoms with Crippen molar-refractivity contribution in [2.45, 2.75) is 32.6 Å². The van der Waals surface area contributed by atoms with Crippen LogP contribution in [-0.4, -0.2) is 5.11 Å². The van der Waals surface area contributed by atoms with Crippen molar-refractivity contribution in [2.24, 2.45) is 0 Å². The van der Waals surface area contributed by atoms with Crippen molar-refractivity contribution < 1.29 is 14.9 Å². The van der Waals surface area contributed by atoms with Gasteiger partial charge in [-0.05, 0) is 37.1 Å². The summed E-state index contributed by atoms with van der Waals surface area (Å²) in [5.74, 6) is 1.47. The molecule has 2 aromatic carbocycles. The molecule has 0 amide bonds. The van der Waals surface area contributed by atoms with Gasteiger partial charge in [0.05, 0.1) is 0 Å². The lowest BCUT2D eigenvalue weighted by molar-refractivity contribution is -0.101. The molecule has 20 heavy (non-hydrogen) atoms. The van der Waals surface area contributed by atoms with Gasteiger partial charge >= 0.3 is 0 Å². The number of aromatic hydroxyl groups is 1. The first kappa shape index (κ1) is 14.3. The number of rotatable bonds is 7. The topological polar surface area (TPSA) is 38.7 Å². The van der Waals surface area contributed by atoms with Gasteiger partial charge in [-0.15, -0.1) is 0 Å². The second-order valence-electron chi connectivity index (χ2n) is 4.69. The number of hydrogen-bond donors (Lipinski definition) is 1. The molecule has 0 saturated heterocycles. The van der Waals surface area contributed by atoms with E-state index in [1.807, 2.05) is 36.4 Å². The molecule has 0 aromatic heterocycles. The van der Waals surface area contributed by atoms with Crippen LogP contribution in [-0.2, 0) is 6.42 Å². The molecule has 0 atom stereocenters. The van der Waals surface area contributed by atoms with Crippen molar-refractivity contribution in [2.75, 3.05) is 0 Å². The molecule has 0 spiro atoms. The van der Waals surface area contributed by atoms with E-state index < -0.39 is 0 Å². The van der Waals surface area contributed by atoms with Gasteiger partial charge in [0, 0.05) is 5.56 Å². The van der Waals surface area contributed by atoms with Crippen LogP contribution in [0.2, 0.25) is 0 Å². The van der Waals surface area contributed by atoms with Crippen molar-refractivity contribution in [3.63, 3.8) is 0 Å². The van der Waals surface area contributed by atoms with E-state index in [9.17, 15) is 5.11 Å². The molecule has 0 bridgehead atoms. The number of unbranched alkanes of at least 4 members (excludes halogenated alkanes) is 2. The molecule has 3 heteroatoms. The van der Waals surface area contributed by atoms with Gasteiger partial charge in [0.1, 0.15) is 5.75 Å². The smallest absolute Gasteiger partial charge is 0.185 e. The summed E-state index contributed by atoms with van der Waals surface area (Å²) < 4.78 is 0. The first-order valence-corrected chi connectivity index (χ1v) is 7.01. The predicted octanol–water partition coefficient (Wildman–Crippen LogP) is 4.50. The van der Waals surface area contributed by atoms with E-state index in [4.69, 9.17) is 9.78 Å². The van der Waals surface area contributed by atoms with Crippen molar-refractivity contribution in [1.29, 1.82) is 0 Å². The molecule has 3 nitrogen and oxygen atoms in total. The molecule has 0 fully saturated rings. The van der Waals surface area contributed by atoms with Crippen molar-refractivity contribution in [3.05, 3.63) is 54.1 Å². The van der Waals surface area contributed by atoms with E-state index in [1.54, 1.807) is 12.1 Å². The monoisotopic (exact) mass is 272 g/mol. The summed E-state index contributed by atoms with van der Waals surface area (Å²) in [5, 5.41) is 9.95. The van der Waals surface area contributed by atoms with Crippen LogP contribution in [0.1, 0.15) is 31.7 Å². The minimum absolute atomic E-state index is 0.260. The van der Waals surface area contributed by atoms with E-state index in [2.05, 4.69) is 6.92 Å². The van der Waals surface area contributed by atoms with Crippen LogP contribution in [0.15, 0.2) is 48.5 Å². The first-order chi connectivity index (χ1) is 9.81. The van der Waals surface area contributed by atoms with Crippen LogP contribution in [0.5, 0.6) is 17.2 Å². The molecule has 0 unspecified atom stereocenters. The maximum atomic E-state index is 9.95. The number of phenolic OH excluding ortho intramolecular Hbond substituents is 1. The fraction of sp³-hybridized carbons (Fsp3) is 0.294. The molecule has 0 heterocycles. The number of hydrogen-bond acceptors (Lipinski definition) is 3. The zero-order valence-corrected chi connectivity index (χ0v) is 11.7. The second-order valence-corrected chi connectivity index (χ2v) is 4.69. The van der Waals surface area contributed by atoms with E-state index >= 15 is 0 Å². The van der Waals surface area contributed by atoms with Crippen LogP contribution in [0.4, 0.5) is 0 Å². The third-order valence-corrected chi connectivity index (χ3v) is 3.11. The average molecular weight is 272 g/mol. The third-order valence-electron chi connectivity index (χ3n) is 3.11. The number of benzene rings is 2. The van der Waals surface area contributed by atoms with Gasteiger partial charge in [0.25, 0.3) is 0 Å². The highest BCUT2D eigenvalue weighted by atomic mass is 17.2. The fourth-order valence-electron chi connectivity index (χ4n) is 2.00. The van der Waals surface area contributed by atoms with E-state index in [0.717, 1.165) is 31.2 Å². The zero-order chi connectivity index (χ0) is 14.2. The normalized spacial score (nSPS) is 10.2. The summed E-state index contributed by atoms with van der Waals surface area (Å²) >= 11 is 0. The SMILES string of the molecule is CCCCCc1c(O)cccc1OOc1ccccc1. The molecule has 106 valence electrons. The Bertz CT molecular complexity index is 523. The Morgan fingerprint density at radius 1 is 0.900 bits per heavy atom. The largest absolute Gasteiger partial charge is 0.508 e. The lowest BCUT2D eigenvalue weighted by atomic mass is 10.1. The maximum absolute atomic E-state index is 9.95. The van der Waals surface area contributed by atoms with Crippen molar-refractivity contribution >= 4 is 0 Å². The summed E-state index contributed by atoms with van der Waals surface area (Å²) in [5.41, 5.74) is 0.803. The third kappa shape index (κ3) is 3.92. The first-order valence-electron chi connectivity index (χ1n) is 7.01. The molecule has 0 aliphatic heterocycles. The van der Waals surface area contributed by atoms with Crippen LogP contribution in [0, 0.1) is 0 Å². The molecular weight excluding hydrogens is 252 g/mol. The van der Waals surface area contributed by atoms with E-state index in [1.165, 1.54) is 0 Å². The fourth-order valence-corrected chi connectivity index (χ4v) is 2.00. The minimum atomic E-state index is 0.260. The highest BCUT2D eigenvalue weighted by Gasteiger charge is 2.10. The molecule has 0 aliphatic rings. The molecule has 2 aromatic rings. The van der Waals surface area contributed by atoms with E-state index in [-0.39, 0.29) is 5.75 Å². The maximum Gasteiger partial charge on any atom is 0.185 e. The summed E-state index contributed by atoms with van der Waals surface area (Å²) in [6.45, 7) is 2.15. The molecule has 1 N–H and O–H groups in total. The van der Waals surface area contributed by atoms with Gasteiger partial charge in [-0.2, -0.15) is 0 Å². The lowest BCUT2D eigenvalue weighted by Gasteiger charge is -2.11. The second kappa shape index (κ2) is 7.43. The number of para-hydroxylation sites is 1. The predicted molar refractivity (Wildman–Crippen MR) is 79.0 cm³/mol. The highest BCUT2D eigenvalue weighted by molar-refractivity contribution is 5.43. The van der Waals surface area contributed by atoms with Gasteiger partial charge in [-0.1, -0.05) is 44.0 Å². The summed E-state index contributed by atoms with van der Waals surface area (Å²) in [7, 11) is 0. The Morgan fingerprint density at radius 2 is 1.70 bits per heavy atom. The van der Waals surface area contributed by atoms with Gasteiger partial charge in [-0.3, -0.25) is 9.78 Å². The standard InChI is InChI=1S/C17H20O3/c1-2-3-5-11-15-16(18)12-8-13-17(15)20-19-14-9-6-4-7-10-14/h4,6-10,12-13,18H,2-3,5,11H2,1H3. The number of phenols is 1. The van der Waals surface area contributed by atoms with Crippen molar-refractivity contribution in [3.8, 4) is 17.2 Å². The van der Waals surface area contributed by atoms with Crippen LogP contribution < -0.4 is 9.78 Å². The Balaban J connectivity index is 2.04. The zero-order valence-electron chi connectivity index (χ0n) is 11.7. The summed E-state index contributed by atoms with van der Waals surface area (Å²) in [4.78, 5) is 10.7. The Kier molecular flexibility index (Phi) is 5.30. The Labute approximate surface area is 119 Å². The lowest BCUT2D eigenvalue weighted by Crippen LogP contribution is -2.03. The molecular formula is C17H20O3.